The van der Waals surface area contributed by atoms with E-state index in [2.05, 4.69) is 33.0 Å². The maximum Gasteiger partial charge on any atom is 2.00 e. The van der Waals surface area contributed by atoms with Gasteiger partial charge in [-0.1, -0.05) is 27.7 Å². The normalized spacial score (nSPS) is 9.75. The van der Waals surface area contributed by atoms with Crippen molar-refractivity contribution in [2.45, 2.75) is 39.8 Å². The third-order valence-electron chi connectivity index (χ3n) is 0.667. The van der Waals surface area contributed by atoms with Gasteiger partial charge >= 0.3 is 23.1 Å². The molecule has 0 aromatic heterocycles. The number of rotatable bonds is 2. The minimum absolute atomic E-state index is 0. The van der Waals surface area contributed by atoms with Crippen molar-refractivity contribution in [3.05, 3.63) is 0 Å². The fourth-order valence-electron chi connectivity index (χ4n) is 0.667. The molecular weight excluding hydrogens is 110 g/mol. The van der Waals surface area contributed by atoms with Crippen molar-refractivity contribution in [2.75, 3.05) is 0 Å². The average Bonchev–Trinajstić information content (AvgIpc) is 1.27. The van der Waals surface area contributed by atoms with Crippen LogP contribution >= 0.6 is 0 Å². The van der Waals surface area contributed by atoms with Gasteiger partial charge in [0, 0.05) is 12.1 Å². The molecule has 0 radical (unpaired) electrons. The zero-order valence-corrected chi connectivity index (χ0v) is 7.78. The van der Waals surface area contributed by atoms with Crippen molar-refractivity contribution in [3.8, 4) is 0 Å². The Morgan fingerprint density at radius 2 is 1.25 bits per heavy atom. The second-order valence-corrected chi connectivity index (χ2v) is 2.48. The Morgan fingerprint density at radius 3 is 1.25 bits per heavy atom. The molecule has 0 amide bonds. The monoisotopic (exact) mass is 127 g/mol. The zero-order valence-electron chi connectivity index (χ0n) is 8.36. The first-order chi connectivity index (χ1) is 3.13. The third-order valence-corrected chi connectivity index (χ3v) is 0.667. The summed E-state index contributed by atoms with van der Waals surface area (Å²) in [5, 5.41) is 3.31. The predicted molar refractivity (Wildman–Crippen MR) is 41.4 cm³/mol. The summed E-state index contributed by atoms with van der Waals surface area (Å²) in [6.45, 7) is 8.61. The molecule has 0 unspecified atom stereocenters. The summed E-state index contributed by atoms with van der Waals surface area (Å²) in [5.41, 5.74) is 0. The Labute approximate surface area is 71.4 Å². The summed E-state index contributed by atoms with van der Waals surface area (Å²) in [7, 11) is 0. The molecule has 1 N–H and O–H groups in total. The molecule has 0 fully saturated rings. The van der Waals surface area contributed by atoms with Crippen molar-refractivity contribution < 1.29 is 2.85 Å². The molecule has 0 saturated heterocycles. The molecule has 0 rings (SSSR count). The van der Waals surface area contributed by atoms with Crippen LogP contribution in [0.3, 0.4) is 0 Å². The molecule has 0 bridgehead atoms. The molecule has 0 aliphatic rings. The Morgan fingerprint density at radius 1 is 1.00 bits per heavy atom. The van der Waals surface area contributed by atoms with Crippen LogP contribution < -0.4 is 5.32 Å². The van der Waals surface area contributed by atoms with E-state index >= 15 is 0 Å². The van der Waals surface area contributed by atoms with Gasteiger partial charge in [-0.3, -0.25) is 0 Å². The second-order valence-electron chi connectivity index (χ2n) is 2.48. The Kier molecular flexibility index (Phi) is 8.43. The topological polar surface area (TPSA) is 12.0 Å². The van der Waals surface area contributed by atoms with Crippen LogP contribution in [0, 0.1) is 0 Å². The summed E-state index contributed by atoms with van der Waals surface area (Å²) >= 11 is 0. The Hall–Kier alpha value is 0.726. The summed E-state index contributed by atoms with van der Waals surface area (Å²) in [6, 6.07) is 1.25. The van der Waals surface area contributed by atoms with Crippen LogP contribution in [-0.4, -0.2) is 35.1 Å². The summed E-state index contributed by atoms with van der Waals surface area (Å²) in [6.07, 6.45) is 0. The van der Waals surface area contributed by atoms with E-state index in [9.17, 15) is 0 Å². The molecule has 0 saturated carbocycles. The molecule has 1 nitrogen and oxygen atoms in total. The van der Waals surface area contributed by atoms with Crippen molar-refractivity contribution in [1.29, 1.82) is 0 Å². The van der Waals surface area contributed by atoms with Crippen LogP contribution in [0.4, 0.5) is 0 Å². The van der Waals surface area contributed by atoms with Gasteiger partial charge in [0.1, 0.15) is 0 Å². The quantitative estimate of drug-likeness (QED) is 0.551. The second kappa shape index (κ2) is 5.86. The Bertz CT molecular complexity index is 45.0. The molecule has 0 heterocycles. The third kappa shape index (κ3) is 9.87. The van der Waals surface area contributed by atoms with Crippen molar-refractivity contribution in [2.24, 2.45) is 0 Å². The van der Waals surface area contributed by atoms with E-state index in [0.29, 0.717) is 12.1 Å². The molecule has 0 atom stereocenters. The predicted octanol–water partition coefficient (Wildman–Crippen LogP) is 1.24. The van der Waals surface area contributed by atoms with Gasteiger partial charge in [0.2, 0.25) is 0 Å². The van der Waals surface area contributed by atoms with E-state index in [4.69, 9.17) is 0 Å². The first-order valence-electron chi connectivity index (χ1n) is 2.89. The van der Waals surface area contributed by atoms with Crippen LogP contribution in [0.15, 0.2) is 0 Å². The van der Waals surface area contributed by atoms with Gasteiger partial charge in [0.25, 0.3) is 0 Å². The molecule has 8 heavy (non-hydrogen) atoms. The number of hydrogen-bond donors (Lipinski definition) is 1. The zero-order chi connectivity index (χ0) is 5.86. The number of hydrogen-bond acceptors (Lipinski definition) is 1. The van der Waals surface area contributed by atoms with Gasteiger partial charge in [-0.05, 0) is 0 Å². The minimum Gasteiger partial charge on any atom is -1.00 e. The maximum absolute atomic E-state index is 3.31. The maximum atomic E-state index is 3.31. The van der Waals surface area contributed by atoms with E-state index in [1.165, 1.54) is 0 Å². The van der Waals surface area contributed by atoms with Gasteiger partial charge in [-0.25, -0.2) is 0 Å². The van der Waals surface area contributed by atoms with E-state index in [-0.39, 0.29) is 25.9 Å². The molecule has 0 aromatic rings. The van der Waals surface area contributed by atoms with Crippen LogP contribution in [0.2, 0.25) is 0 Å². The molecule has 0 aliphatic carbocycles. The molecule has 0 spiro atoms. The first-order valence-corrected chi connectivity index (χ1v) is 2.89. The first kappa shape index (κ1) is 11.5. The van der Waals surface area contributed by atoms with Gasteiger partial charge in [-0.15, -0.1) is 0 Å². The van der Waals surface area contributed by atoms with Gasteiger partial charge < -0.3 is 8.17 Å². The molecular formula is C6H17MgN. The van der Waals surface area contributed by atoms with Gasteiger partial charge in [-0.2, -0.15) is 0 Å². The molecule has 48 valence electrons. The van der Waals surface area contributed by atoms with Crippen LogP contribution in [0.1, 0.15) is 30.5 Å². The van der Waals surface area contributed by atoms with E-state index in [0.717, 1.165) is 0 Å². The standard InChI is InChI=1S/C6H15N.Mg.2H/c1-5(2)7-6(3)4;;;/h5-7H,1-4H3;;;/q;+2;2*-1. The fourth-order valence-corrected chi connectivity index (χ4v) is 0.667. The smallest absolute Gasteiger partial charge is 1.00 e. The average molecular weight is 128 g/mol. The SMILES string of the molecule is CC(C)NC(C)C.[H-].[H-].[Mg+2]. The summed E-state index contributed by atoms with van der Waals surface area (Å²) in [5.74, 6) is 0. The van der Waals surface area contributed by atoms with Crippen molar-refractivity contribution in [1.82, 2.24) is 5.32 Å². The minimum atomic E-state index is 0. The molecule has 0 aromatic carbocycles. The molecule has 2 heteroatoms. The number of nitrogens with one attached hydrogen (secondary N) is 1. The summed E-state index contributed by atoms with van der Waals surface area (Å²) < 4.78 is 0. The van der Waals surface area contributed by atoms with Gasteiger partial charge in [0.15, 0.2) is 0 Å². The van der Waals surface area contributed by atoms with Crippen LogP contribution in [0.25, 0.3) is 0 Å². The van der Waals surface area contributed by atoms with E-state index in [1.54, 1.807) is 0 Å². The van der Waals surface area contributed by atoms with Crippen LogP contribution in [0.5, 0.6) is 0 Å². The molecule has 0 aliphatic heterocycles. The fraction of sp³-hybridized carbons (Fsp3) is 1.00. The van der Waals surface area contributed by atoms with Gasteiger partial charge in [0.05, 0.1) is 0 Å². The van der Waals surface area contributed by atoms with Crippen LogP contribution in [-0.2, 0) is 0 Å². The van der Waals surface area contributed by atoms with E-state index in [1.807, 2.05) is 0 Å². The largest absolute Gasteiger partial charge is 2.00 e. The Balaban J connectivity index is -0.0000000600. The summed E-state index contributed by atoms with van der Waals surface area (Å²) in [4.78, 5) is 0. The van der Waals surface area contributed by atoms with E-state index < -0.39 is 0 Å². The van der Waals surface area contributed by atoms with Crippen molar-refractivity contribution in [3.63, 3.8) is 0 Å². The van der Waals surface area contributed by atoms with Crippen molar-refractivity contribution >= 4 is 23.1 Å².